The number of hydrogen-bond acceptors (Lipinski definition) is 5. The number of rotatable bonds is 5. The van der Waals surface area contributed by atoms with Crippen LogP contribution in [0.3, 0.4) is 0 Å². The second-order valence-electron chi connectivity index (χ2n) is 6.79. The number of aromatic nitrogens is 2. The smallest absolute Gasteiger partial charge is 0.257 e. The van der Waals surface area contributed by atoms with Gasteiger partial charge in [-0.1, -0.05) is 6.07 Å². The molecule has 2 atom stereocenters. The predicted molar refractivity (Wildman–Crippen MR) is 99.8 cm³/mol. The number of aromatic amines is 1. The Hall–Kier alpha value is -2.81. The van der Waals surface area contributed by atoms with Crippen molar-refractivity contribution in [1.29, 1.82) is 0 Å². The molecule has 150 valence electrons. The summed E-state index contributed by atoms with van der Waals surface area (Å²) in [5.41, 5.74) is -0.00167. The van der Waals surface area contributed by atoms with Crippen molar-refractivity contribution in [2.45, 2.75) is 31.2 Å². The van der Waals surface area contributed by atoms with Crippen molar-refractivity contribution >= 4 is 11.7 Å². The SMILES string of the molecule is COc1ccc(NC(=O)C(C)N2CCC(F)(F)[C@@H](c3ccc(=O)[nH]c3)C2)nc1. The summed E-state index contributed by atoms with van der Waals surface area (Å²) in [4.78, 5) is 32.0. The average molecular weight is 392 g/mol. The molecule has 2 N–H and O–H groups in total. The second kappa shape index (κ2) is 8.05. The number of carbonyl (C=O) groups excluding carboxylic acids is 1. The lowest BCUT2D eigenvalue weighted by atomic mass is 9.87. The lowest BCUT2D eigenvalue weighted by Crippen LogP contribution is -2.52. The van der Waals surface area contributed by atoms with Gasteiger partial charge in [-0.15, -0.1) is 0 Å². The Bertz CT molecular complexity index is 865. The topological polar surface area (TPSA) is 87.3 Å². The summed E-state index contributed by atoms with van der Waals surface area (Å²) in [6.07, 6.45) is 2.43. The van der Waals surface area contributed by atoms with Gasteiger partial charge in [-0.25, -0.2) is 13.8 Å². The van der Waals surface area contributed by atoms with Crippen molar-refractivity contribution < 1.29 is 18.3 Å². The third-order valence-electron chi connectivity index (χ3n) is 5.02. The van der Waals surface area contributed by atoms with Crippen molar-refractivity contribution in [2.24, 2.45) is 0 Å². The van der Waals surface area contributed by atoms with Gasteiger partial charge >= 0.3 is 0 Å². The monoisotopic (exact) mass is 392 g/mol. The summed E-state index contributed by atoms with van der Waals surface area (Å²) in [6.45, 7) is 1.77. The summed E-state index contributed by atoms with van der Waals surface area (Å²) in [6, 6.07) is 5.30. The van der Waals surface area contributed by atoms with Gasteiger partial charge in [0.15, 0.2) is 0 Å². The molecule has 3 rings (SSSR count). The number of anilines is 1. The maximum Gasteiger partial charge on any atom is 0.257 e. The molecular formula is C19H22F2N4O3. The molecule has 1 saturated heterocycles. The van der Waals surface area contributed by atoms with Crippen molar-refractivity contribution in [2.75, 3.05) is 25.5 Å². The maximum absolute atomic E-state index is 14.5. The lowest BCUT2D eigenvalue weighted by molar-refractivity contribution is -0.125. The van der Waals surface area contributed by atoms with Crippen LogP contribution in [-0.4, -0.2) is 52.9 Å². The van der Waals surface area contributed by atoms with Crippen molar-refractivity contribution in [1.82, 2.24) is 14.9 Å². The summed E-state index contributed by atoms with van der Waals surface area (Å²) in [5.74, 6) is -3.43. The first-order valence-corrected chi connectivity index (χ1v) is 8.91. The first kappa shape index (κ1) is 19.9. The Morgan fingerprint density at radius 2 is 2.18 bits per heavy atom. The number of halogens is 2. The summed E-state index contributed by atoms with van der Waals surface area (Å²) in [5, 5.41) is 2.69. The number of ether oxygens (including phenoxy) is 1. The number of carbonyl (C=O) groups is 1. The molecule has 0 saturated carbocycles. The number of nitrogens with zero attached hydrogens (tertiary/aromatic N) is 2. The highest BCUT2D eigenvalue weighted by molar-refractivity contribution is 5.93. The first-order valence-electron chi connectivity index (χ1n) is 8.91. The number of amides is 1. The molecular weight excluding hydrogens is 370 g/mol. The van der Waals surface area contributed by atoms with Gasteiger partial charge in [-0.2, -0.15) is 0 Å². The van der Waals surface area contributed by atoms with E-state index in [0.29, 0.717) is 17.1 Å². The zero-order valence-corrected chi connectivity index (χ0v) is 15.6. The van der Waals surface area contributed by atoms with Gasteiger partial charge in [0.2, 0.25) is 11.5 Å². The van der Waals surface area contributed by atoms with E-state index in [2.05, 4.69) is 15.3 Å². The minimum atomic E-state index is -2.91. The third kappa shape index (κ3) is 4.36. The van der Waals surface area contributed by atoms with E-state index in [9.17, 15) is 18.4 Å². The Labute approximate surface area is 160 Å². The molecule has 0 radical (unpaired) electrons. The van der Waals surface area contributed by atoms with Crippen LogP contribution in [-0.2, 0) is 4.79 Å². The molecule has 2 aromatic rings. The number of likely N-dealkylation sites (tertiary alicyclic amines) is 1. The Morgan fingerprint density at radius 1 is 1.39 bits per heavy atom. The van der Waals surface area contributed by atoms with E-state index in [1.54, 1.807) is 24.0 Å². The number of nitrogens with one attached hydrogen (secondary N) is 2. The molecule has 1 amide bonds. The number of alkyl halides is 2. The molecule has 1 aliphatic rings. The molecule has 0 aromatic carbocycles. The van der Waals surface area contributed by atoms with Crippen LogP contribution in [0.25, 0.3) is 0 Å². The molecule has 3 heterocycles. The Balaban J connectivity index is 1.70. The largest absolute Gasteiger partial charge is 0.495 e. The van der Waals surface area contributed by atoms with Crippen LogP contribution >= 0.6 is 0 Å². The molecule has 1 aliphatic heterocycles. The Kier molecular flexibility index (Phi) is 5.73. The molecule has 0 bridgehead atoms. The normalized spacial score (nSPS) is 20.4. The zero-order chi connectivity index (χ0) is 20.3. The fraction of sp³-hybridized carbons (Fsp3) is 0.421. The molecule has 9 heteroatoms. The van der Waals surface area contributed by atoms with E-state index in [0.717, 1.165) is 0 Å². The summed E-state index contributed by atoms with van der Waals surface area (Å²) >= 11 is 0. The van der Waals surface area contributed by atoms with E-state index in [4.69, 9.17) is 4.74 Å². The van der Waals surface area contributed by atoms with E-state index in [-0.39, 0.29) is 31.0 Å². The average Bonchev–Trinajstić information content (AvgIpc) is 2.69. The molecule has 28 heavy (non-hydrogen) atoms. The fourth-order valence-corrected chi connectivity index (χ4v) is 3.24. The highest BCUT2D eigenvalue weighted by Gasteiger charge is 2.46. The molecule has 1 fully saturated rings. The minimum Gasteiger partial charge on any atom is -0.495 e. The molecule has 0 aliphatic carbocycles. The van der Waals surface area contributed by atoms with E-state index >= 15 is 0 Å². The van der Waals surface area contributed by atoms with E-state index in [1.165, 1.54) is 31.6 Å². The van der Waals surface area contributed by atoms with E-state index < -0.39 is 17.9 Å². The maximum atomic E-state index is 14.5. The van der Waals surface area contributed by atoms with Crippen LogP contribution in [0.15, 0.2) is 41.5 Å². The van der Waals surface area contributed by atoms with Crippen molar-refractivity contribution in [3.63, 3.8) is 0 Å². The highest BCUT2D eigenvalue weighted by atomic mass is 19.3. The van der Waals surface area contributed by atoms with Crippen LogP contribution in [0.4, 0.5) is 14.6 Å². The van der Waals surface area contributed by atoms with Crippen molar-refractivity contribution in [3.8, 4) is 5.75 Å². The number of methoxy groups -OCH3 is 1. The van der Waals surface area contributed by atoms with Crippen LogP contribution in [0, 0.1) is 0 Å². The van der Waals surface area contributed by atoms with Gasteiger partial charge in [-0.3, -0.25) is 14.5 Å². The summed E-state index contributed by atoms with van der Waals surface area (Å²) < 4.78 is 34.0. The fourth-order valence-electron chi connectivity index (χ4n) is 3.24. The lowest BCUT2D eigenvalue weighted by Gasteiger charge is -2.40. The van der Waals surface area contributed by atoms with Gasteiger partial charge in [-0.05, 0) is 24.6 Å². The molecule has 0 spiro atoms. The standard InChI is InChI=1S/C19H22F2N4O3/c1-12(18(27)24-16-5-4-14(28-2)10-22-16)25-8-7-19(20,21)15(11-25)13-3-6-17(26)23-9-13/h3-6,9-10,12,15H,7-8,11H2,1-2H3,(H,23,26)(H,22,24,27)/t12?,15-/m1/s1. The molecule has 7 nitrogen and oxygen atoms in total. The number of hydrogen-bond donors (Lipinski definition) is 2. The van der Waals surface area contributed by atoms with Gasteiger partial charge < -0.3 is 15.0 Å². The predicted octanol–water partition coefficient (Wildman–Crippen LogP) is 2.23. The van der Waals surface area contributed by atoms with Crippen molar-refractivity contribution in [3.05, 3.63) is 52.6 Å². The minimum absolute atomic E-state index is 0.00364. The zero-order valence-electron chi connectivity index (χ0n) is 15.6. The van der Waals surface area contributed by atoms with Crippen LogP contribution in [0.1, 0.15) is 24.8 Å². The van der Waals surface area contributed by atoms with E-state index in [1.807, 2.05) is 0 Å². The second-order valence-corrected chi connectivity index (χ2v) is 6.79. The molecule has 1 unspecified atom stereocenters. The number of pyridine rings is 2. The van der Waals surface area contributed by atoms with Crippen LogP contribution in [0.2, 0.25) is 0 Å². The number of H-pyrrole nitrogens is 1. The highest BCUT2D eigenvalue weighted by Crippen LogP contribution is 2.40. The Morgan fingerprint density at radius 3 is 2.79 bits per heavy atom. The number of piperidine rings is 1. The van der Waals surface area contributed by atoms with Gasteiger partial charge in [0.1, 0.15) is 11.6 Å². The summed E-state index contributed by atoms with van der Waals surface area (Å²) in [7, 11) is 1.52. The van der Waals surface area contributed by atoms with Gasteiger partial charge in [0.25, 0.3) is 5.92 Å². The van der Waals surface area contributed by atoms with Gasteiger partial charge in [0.05, 0.1) is 25.3 Å². The van der Waals surface area contributed by atoms with Crippen LogP contribution < -0.4 is 15.6 Å². The van der Waals surface area contributed by atoms with Gasteiger partial charge in [0, 0.05) is 31.8 Å². The third-order valence-corrected chi connectivity index (χ3v) is 5.02. The first-order chi connectivity index (χ1) is 13.3. The quantitative estimate of drug-likeness (QED) is 0.815. The molecule has 2 aromatic heterocycles. The van der Waals surface area contributed by atoms with Crippen LogP contribution in [0.5, 0.6) is 5.75 Å².